The van der Waals surface area contributed by atoms with E-state index >= 15 is 0 Å². The van der Waals surface area contributed by atoms with E-state index in [2.05, 4.69) is 11.4 Å². The topological polar surface area (TPSA) is 49.4 Å². The second-order valence-electron chi connectivity index (χ2n) is 5.27. The summed E-state index contributed by atoms with van der Waals surface area (Å²) in [7, 11) is 0. The number of anilines is 1. The van der Waals surface area contributed by atoms with E-state index in [1.807, 2.05) is 12.1 Å². The molecule has 4 nitrogen and oxygen atoms in total. The zero-order valence-electron chi connectivity index (χ0n) is 11.4. The molecule has 0 saturated carbocycles. The lowest BCUT2D eigenvalue weighted by Gasteiger charge is -2.20. The summed E-state index contributed by atoms with van der Waals surface area (Å²) in [6, 6.07) is 6.10. The maximum Gasteiger partial charge on any atom is 0.244 e. The molecule has 0 atom stereocenters. The van der Waals surface area contributed by atoms with Gasteiger partial charge in [-0.05, 0) is 42.9 Å². The molecule has 3 rings (SSSR count). The molecule has 1 fully saturated rings. The van der Waals surface area contributed by atoms with E-state index in [0.717, 1.165) is 18.5 Å². The van der Waals surface area contributed by atoms with Crippen LogP contribution in [0.4, 0.5) is 5.69 Å². The van der Waals surface area contributed by atoms with Crippen molar-refractivity contribution in [3.05, 3.63) is 29.3 Å². The van der Waals surface area contributed by atoms with E-state index in [4.69, 9.17) is 0 Å². The van der Waals surface area contributed by atoms with Gasteiger partial charge in [0, 0.05) is 5.69 Å². The van der Waals surface area contributed by atoms with E-state index in [1.54, 1.807) is 16.7 Å². The molecule has 106 valence electrons. The SMILES string of the molecule is O=C(CN1CSCC1=O)Nc1cccc2c1CCCC2. The molecule has 2 aliphatic rings. The van der Waals surface area contributed by atoms with Gasteiger partial charge in [0.2, 0.25) is 11.8 Å². The number of carbonyl (C=O) groups excluding carboxylic acids is 2. The third-order valence-corrected chi connectivity index (χ3v) is 4.78. The van der Waals surface area contributed by atoms with E-state index in [-0.39, 0.29) is 18.4 Å². The average Bonchev–Trinajstić information content (AvgIpc) is 2.85. The molecule has 1 aromatic carbocycles. The Hall–Kier alpha value is -1.49. The van der Waals surface area contributed by atoms with Crippen LogP contribution in [0.3, 0.4) is 0 Å². The Labute approximate surface area is 122 Å². The molecule has 1 aliphatic heterocycles. The lowest BCUT2D eigenvalue weighted by atomic mass is 9.90. The van der Waals surface area contributed by atoms with Crippen molar-refractivity contribution in [2.45, 2.75) is 25.7 Å². The Morgan fingerprint density at radius 2 is 2.15 bits per heavy atom. The number of aryl methyl sites for hydroxylation is 1. The maximum absolute atomic E-state index is 12.1. The fraction of sp³-hybridized carbons (Fsp3) is 0.467. The summed E-state index contributed by atoms with van der Waals surface area (Å²) >= 11 is 1.56. The molecule has 0 unspecified atom stereocenters. The van der Waals surface area contributed by atoms with Gasteiger partial charge >= 0.3 is 0 Å². The van der Waals surface area contributed by atoms with Gasteiger partial charge < -0.3 is 10.2 Å². The van der Waals surface area contributed by atoms with Crippen LogP contribution in [-0.2, 0) is 22.4 Å². The van der Waals surface area contributed by atoms with Gasteiger partial charge in [0.1, 0.15) is 6.54 Å². The molecule has 5 heteroatoms. The molecule has 1 N–H and O–H groups in total. The van der Waals surface area contributed by atoms with Crippen LogP contribution in [0.5, 0.6) is 0 Å². The van der Waals surface area contributed by atoms with Crippen LogP contribution in [0, 0.1) is 0 Å². The van der Waals surface area contributed by atoms with Crippen LogP contribution in [0.1, 0.15) is 24.0 Å². The fourth-order valence-corrected chi connectivity index (χ4v) is 3.71. The first-order valence-electron chi connectivity index (χ1n) is 7.00. The summed E-state index contributed by atoms with van der Waals surface area (Å²) in [4.78, 5) is 25.2. The normalized spacial score (nSPS) is 18.0. The third-order valence-electron chi connectivity index (χ3n) is 3.83. The van der Waals surface area contributed by atoms with Gasteiger partial charge in [-0.3, -0.25) is 9.59 Å². The minimum Gasteiger partial charge on any atom is -0.324 e. The molecule has 0 spiro atoms. The predicted molar refractivity (Wildman–Crippen MR) is 80.8 cm³/mol. The monoisotopic (exact) mass is 290 g/mol. The van der Waals surface area contributed by atoms with Crippen molar-refractivity contribution in [3.8, 4) is 0 Å². The Kier molecular flexibility index (Phi) is 3.96. The van der Waals surface area contributed by atoms with Gasteiger partial charge in [0.25, 0.3) is 0 Å². The number of carbonyl (C=O) groups is 2. The molecular formula is C15H18N2O2S. The first-order valence-corrected chi connectivity index (χ1v) is 8.15. The Morgan fingerprint density at radius 1 is 1.30 bits per heavy atom. The van der Waals surface area contributed by atoms with Crippen molar-refractivity contribution >= 4 is 29.3 Å². The second-order valence-corrected chi connectivity index (χ2v) is 6.22. The van der Waals surface area contributed by atoms with Crippen LogP contribution >= 0.6 is 11.8 Å². The predicted octanol–water partition coefficient (Wildman–Crippen LogP) is 2.04. The summed E-state index contributed by atoms with van der Waals surface area (Å²) < 4.78 is 0. The highest BCUT2D eigenvalue weighted by Crippen LogP contribution is 2.27. The van der Waals surface area contributed by atoms with E-state index < -0.39 is 0 Å². The summed E-state index contributed by atoms with van der Waals surface area (Å²) in [5.74, 6) is 1.08. The molecular weight excluding hydrogens is 272 g/mol. The van der Waals surface area contributed by atoms with Crippen molar-refractivity contribution in [1.29, 1.82) is 0 Å². The van der Waals surface area contributed by atoms with Crippen LogP contribution in [0.25, 0.3) is 0 Å². The van der Waals surface area contributed by atoms with Crippen molar-refractivity contribution < 1.29 is 9.59 Å². The molecule has 1 heterocycles. The molecule has 1 saturated heterocycles. The molecule has 0 radical (unpaired) electrons. The lowest BCUT2D eigenvalue weighted by molar-refractivity contribution is -0.130. The Bertz CT molecular complexity index is 545. The van der Waals surface area contributed by atoms with Crippen molar-refractivity contribution in [2.75, 3.05) is 23.5 Å². The van der Waals surface area contributed by atoms with E-state index in [9.17, 15) is 9.59 Å². The molecule has 0 aromatic heterocycles. The van der Waals surface area contributed by atoms with E-state index in [1.165, 1.54) is 24.0 Å². The number of nitrogens with zero attached hydrogens (tertiary/aromatic N) is 1. The molecule has 2 amide bonds. The zero-order chi connectivity index (χ0) is 13.9. The molecule has 0 bridgehead atoms. The zero-order valence-corrected chi connectivity index (χ0v) is 12.2. The summed E-state index contributed by atoms with van der Waals surface area (Å²) in [6.45, 7) is 0.162. The van der Waals surface area contributed by atoms with Crippen LogP contribution in [0.2, 0.25) is 0 Å². The minimum atomic E-state index is -0.0974. The first kappa shape index (κ1) is 13.5. The standard InChI is InChI=1S/C15H18N2O2S/c18-14(8-17-10-20-9-15(17)19)16-13-7-3-5-11-4-1-2-6-12(11)13/h3,5,7H,1-2,4,6,8-10H2,(H,16,18). The highest BCUT2D eigenvalue weighted by molar-refractivity contribution is 8.00. The minimum absolute atomic E-state index is 0.0558. The number of rotatable bonds is 3. The summed E-state index contributed by atoms with van der Waals surface area (Å²) in [6.07, 6.45) is 4.54. The van der Waals surface area contributed by atoms with Crippen molar-refractivity contribution in [1.82, 2.24) is 4.90 Å². The third kappa shape index (κ3) is 2.82. The van der Waals surface area contributed by atoms with E-state index in [0.29, 0.717) is 11.6 Å². The second kappa shape index (κ2) is 5.87. The van der Waals surface area contributed by atoms with Crippen molar-refractivity contribution in [3.63, 3.8) is 0 Å². The number of nitrogens with one attached hydrogen (secondary N) is 1. The number of fused-ring (bicyclic) bond motifs is 1. The van der Waals surface area contributed by atoms with Gasteiger partial charge in [0.15, 0.2) is 0 Å². The Morgan fingerprint density at radius 3 is 2.95 bits per heavy atom. The quantitative estimate of drug-likeness (QED) is 0.927. The number of hydrogen-bond donors (Lipinski definition) is 1. The fourth-order valence-electron chi connectivity index (χ4n) is 2.80. The summed E-state index contributed by atoms with van der Waals surface area (Å²) in [5, 5.41) is 2.98. The molecule has 20 heavy (non-hydrogen) atoms. The number of hydrogen-bond acceptors (Lipinski definition) is 3. The first-order chi connectivity index (χ1) is 9.74. The maximum atomic E-state index is 12.1. The van der Waals surface area contributed by atoms with Crippen LogP contribution in [-0.4, -0.2) is 34.9 Å². The highest BCUT2D eigenvalue weighted by atomic mass is 32.2. The van der Waals surface area contributed by atoms with Gasteiger partial charge in [-0.1, -0.05) is 12.1 Å². The van der Waals surface area contributed by atoms with Gasteiger partial charge in [-0.2, -0.15) is 0 Å². The molecule has 1 aromatic rings. The number of amides is 2. The highest BCUT2D eigenvalue weighted by Gasteiger charge is 2.23. The smallest absolute Gasteiger partial charge is 0.244 e. The summed E-state index contributed by atoms with van der Waals surface area (Å²) in [5.41, 5.74) is 3.54. The van der Waals surface area contributed by atoms with Crippen molar-refractivity contribution in [2.24, 2.45) is 0 Å². The van der Waals surface area contributed by atoms with Gasteiger partial charge in [-0.25, -0.2) is 0 Å². The van der Waals surface area contributed by atoms with Gasteiger partial charge in [-0.15, -0.1) is 11.8 Å². The Balaban J connectivity index is 1.68. The van der Waals surface area contributed by atoms with Gasteiger partial charge in [0.05, 0.1) is 11.6 Å². The van der Waals surface area contributed by atoms with Crippen LogP contribution in [0.15, 0.2) is 18.2 Å². The number of benzene rings is 1. The van der Waals surface area contributed by atoms with Crippen LogP contribution < -0.4 is 5.32 Å². The number of thioether (sulfide) groups is 1. The molecule has 1 aliphatic carbocycles. The largest absolute Gasteiger partial charge is 0.324 e. The average molecular weight is 290 g/mol. The lowest BCUT2D eigenvalue weighted by Crippen LogP contribution is -2.34.